The van der Waals surface area contributed by atoms with Gasteiger partial charge in [-0.05, 0) is 6.92 Å². The molecule has 1 aliphatic rings. The van der Waals surface area contributed by atoms with Gasteiger partial charge in [-0.3, -0.25) is 24.1 Å². The zero-order valence-electron chi connectivity index (χ0n) is 11.5. The summed E-state index contributed by atoms with van der Waals surface area (Å²) >= 11 is 1.22. The summed E-state index contributed by atoms with van der Waals surface area (Å²) in [4.78, 5) is 47.0. The third kappa shape index (κ3) is 4.31. The van der Waals surface area contributed by atoms with E-state index < -0.39 is 11.3 Å². The smallest absolute Gasteiger partial charge is 0.242 e. The molecule has 3 N–H and O–H groups in total. The van der Waals surface area contributed by atoms with Gasteiger partial charge in [-0.1, -0.05) is 0 Å². The first-order valence-corrected chi connectivity index (χ1v) is 7.34. The van der Waals surface area contributed by atoms with Crippen LogP contribution in [0.15, 0.2) is 0 Å². The van der Waals surface area contributed by atoms with E-state index in [4.69, 9.17) is 5.73 Å². The quantitative estimate of drug-likeness (QED) is 0.578. The van der Waals surface area contributed by atoms with Crippen LogP contribution in [-0.2, 0) is 19.2 Å². The van der Waals surface area contributed by atoms with Crippen molar-refractivity contribution in [2.45, 2.75) is 31.1 Å². The first kappa shape index (κ1) is 16.6. The van der Waals surface area contributed by atoms with Gasteiger partial charge >= 0.3 is 0 Å². The van der Waals surface area contributed by atoms with Gasteiger partial charge in [0.1, 0.15) is 5.78 Å². The van der Waals surface area contributed by atoms with Gasteiger partial charge in [0.15, 0.2) is 0 Å². The van der Waals surface area contributed by atoms with E-state index in [0.29, 0.717) is 5.75 Å². The molecule has 0 bridgehead atoms. The Labute approximate surface area is 121 Å². The van der Waals surface area contributed by atoms with Gasteiger partial charge in [-0.15, -0.1) is 11.8 Å². The second kappa shape index (κ2) is 7.39. The predicted octanol–water partition coefficient (Wildman–Crippen LogP) is -1.10. The third-order valence-corrected chi connectivity index (χ3v) is 4.37. The molecule has 0 spiro atoms. The van der Waals surface area contributed by atoms with Crippen molar-refractivity contribution in [2.75, 3.05) is 19.3 Å². The maximum absolute atomic E-state index is 12.0. The molecule has 7 nitrogen and oxygen atoms in total. The third-order valence-electron chi connectivity index (χ3n) is 3.04. The molecule has 1 heterocycles. The van der Waals surface area contributed by atoms with Crippen molar-refractivity contribution in [1.29, 1.82) is 0 Å². The molecule has 0 aromatic carbocycles. The lowest BCUT2D eigenvalue weighted by Gasteiger charge is -2.14. The van der Waals surface area contributed by atoms with Gasteiger partial charge in [0, 0.05) is 32.2 Å². The fourth-order valence-corrected chi connectivity index (χ4v) is 2.90. The van der Waals surface area contributed by atoms with Gasteiger partial charge in [0.05, 0.1) is 11.3 Å². The van der Waals surface area contributed by atoms with Crippen molar-refractivity contribution in [3.63, 3.8) is 0 Å². The van der Waals surface area contributed by atoms with Crippen LogP contribution in [0.1, 0.15) is 19.8 Å². The predicted molar refractivity (Wildman–Crippen MR) is 74.9 cm³/mol. The van der Waals surface area contributed by atoms with Gasteiger partial charge in [-0.25, -0.2) is 0 Å². The summed E-state index contributed by atoms with van der Waals surface area (Å²) in [5.41, 5.74) is 5.59. The van der Waals surface area contributed by atoms with E-state index in [0.717, 1.165) is 4.90 Å². The maximum Gasteiger partial charge on any atom is 0.242 e. The molecule has 0 saturated carbocycles. The fourth-order valence-electron chi connectivity index (χ4n) is 1.69. The van der Waals surface area contributed by atoms with Crippen LogP contribution in [0, 0.1) is 0 Å². The minimum Gasteiger partial charge on any atom is -0.359 e. The van der Waals surface area contributed by atoms with Crippen molar-refractivity contribution < 1.29 is 19.2 Å². The van der Waals surface area contributed by atoms with Crippen LogP contribution in [-0.4, -0.2) is 59.0 Å². The second-order valence-corrected chi connectivity index (χ2v) is 5.79. The highest BCUT2D eigenvalue weighted by Gasteiger charge is 2.38. The lowest BCUT2D eigenvalue weighted by Crippen LogP contribution is -2.36. The molecule has 1 fully saturated rings. The average molecular weight is 301 g/mol. The Morgan fingerprint density at radius 1 is 1.50 bits per heavy atom. The molecule has 2 unspecified atom stereocenters. The monoisotopic (exact) mass is 301 g/mol. The van der Waals surface area contributed by atoms with Crippen molar-refractivity contribution in [1.82, 2.24) is 10.2 Å². The topological polar surface area (TPSA) is 110 Å². The number of thioether (sulfide) groups is 1. The van der Waals surface area contributed by atoms with E-state index in [1.165, 1.54) is 25.7 Å². The van der Waals surface area contributed by atoms with Gasteiger partial charge < -0.3 is 11.1 Å². The number of carbonyl (C=O) groups is 4. The van der Waals surface area contributed by atoms with Crippen LogP contribution in [0.4, 0.5) is 0 Å². The normalized spacial score (nSPS) is 20.1. The molecule has 20 heavy (non-hydrogen) atoms. The molecule has 1 saturated heterocycles. The van der Waals surface area contributed by atoms with Crippen molar-refractivity contribution in [2.24, 2.45) is 5.73 Å². The number of ketones is 1. The number of hydrogen-bond acceptors (Lipinski definition) is 6. The number of rotatable bonds is 7. The molecule has 2 atom stereocenters. The van der Waals surface area contributed by atoms with Crippen LogP contribution in [0.3, 0.4) is 0 Å². The van der Waals surface area contributed by atoms with Gasteiger partial charge in [-0.2, -0.15) is 0 Å². The van der Waals surface area contributed by atoms with Crippen LogP contribution in [0.5, 0.6) is 0 Å². The summed E-state index contributed by atoms with van der Waals surface area (Å²) in [5.74, 6) is -0.652. The van der Waals surface area contributed by atoms with Crippen LogP contribution in [0.2, 0.25) is 0 Å². The maximum atomic E-state index is 12.0. The van der Waals surface area contributed by atoms with E-state index in [-0.39, 0.29) is 42.9 Å². The number of nitrogens with two attached hydrogens (primary N) is 1. The minimum atomic E-state index is -0.622. The summed E-state index contributed by atoms with van der Waals surface area (Å²) in [7, 11) is 1.50. The first-order valence-electron chi connectivity index (χ1n) is 6.29. The molecule has 8 heteroatoms. The minimum absolute atomic E-state index is 0.0904. The summed E-state index contributed by atoms with van der Waals surface area (Å²) in [6.07, 6.45) is 0.195. The molecule has 3 amide bonds. The second-order valence-electron chi connectivity index (χ2n) is 4.55. The lowest BCUT2D eigenvalue weighted by molar-refractivity contribution is -0.138. The number of amides is 3. The van der Waals surface area contributed by atoms with Gasteiger partial charge in [0.2, 0.25) is 17.7 Å². The first-order chi connectivity index (χ1) is 9.36. The molecule has 0 radical (unpaired) electrons. The Kier molecular flexibility index (Phi) is 6.15. The SMILES string of the molecule is CNC(=O)CCN1C(=O)CC(SCC(N)C(C)=O)C1=O. The molecule has 0 aromatic rings. The zero-order valence-corrected chi connectivity index (χ0v) is 12.4. The van der Waals surface area contributed by atoms with E-state index in [9.17, 15) is 19.2 Å². The van der Waals surface area contributed by atoms with E-state index >= 15 is 0 Å². The Balaban J connectivity index is 2.49. The number of likely N-dealkylation sites (tertiary alicyclic amines) is 1. The number of Topliss-reactive ketones (excluding diaryl/α,β-unsaturated/α-hetero) is 1. The molecule has 0 aromatic heterocycles. The Bertz CT molecular complexity index is 427. The summed E-state index contributed by atoms with van der Waals surface area (Å²) < 4.78 is 0. The standard InChI is InChI=1S/C12H19N3O4S/c1-7(16)8(13)6-20-9-5-11(18)15(12(9)19)4-3-10(17)14-2/h8-9H,3-6,13H2,1-2H3,(H,14,17). The van der Waals surface area contributed by atoms with Crippen LogP contribution < -0.4 is 11.1 Å². The van der Waals surface area contributed by atoms with E-state index in [2.05, 4.69) is 5.32 Å². The molecular formula is C12H19N3O4S. The molecule has 0 aliphatic carbocycles. The highest BCUT2D eigenvalue weighted by Crippen LogP contribution is 2.25. The fraction of sp³-hybridized carbons (Fsp3) is 0.667. The number of hydrogen-bond donors (Lipinski definition) is 2. The van der Waals surface area contributed by atoms with Crippen molar-refractivity contribution >= 4 is 35.3 Å². The highest BCUT2D eigenvalue weighted by molar-refractivity contribution is 8.00. The number of carbonyl (C=O) groups excluding carboxylic acids is 4. The number of nitrogens with one attached hydrogen (secondary N) is 1. The zero-order chi connectivity index (χ0) is 15.3. The highest BCUT2D eigenvalue weighted by atomic mass is 32.2. The van der Waals surface area contributed by atoms with Gasteiger partial charge in [0.25, 0.3) is 0 Å². The summed E-state index contributed by atoms with van der Waals surface area (Å²) in [6.45, 7) is 1.48. The molecular weight excluding hydrogens is 282 g/mol. The molecule has 112 valence electrons. The Morgan fingerprint density at radius 3 is 2.70 bits per heavy atom. The number of nitrogens with zero attached hydrogens (tertiary/aromatic N) is 1. The Morgan fingerprint density at radius 2 is 2.15 bits per heavy atom. The largest absolute Gasteiger partial charge is 0.359 e. The van der Waals surface area contributed by atoms with Crippen LogP contribution >= 0.6 is 11.8 Å². The molecule has 1 aliphatic heterocycles. The lowest BCUT2D eigenvalue weighted by atomic mass is 10.3. The molecule has 1 rings (SSSR count). The summed E-state index contributed by atoms with van der Waals surface area (Å²) in [6, 6.07) is -0.622. The van der Waals surface area contributed by atoms with E-state index in [1.807, 2.05) is 0 Å². The van der Waals surface area contributed by atoms with Crippen molar-refractivity contribution in [3.8, 4) is 0 Å². The van der Waals surface area contributed by atoms with Crippen LogP contribution in [0.25, 0.3) is 0 Å². The summed E-state index contributed by atoms with van der Waals surface area (Å²) in [5, 5.41) is 1.93. The van der Waals surface area contributed by atoms with Crippen molar-refractivity contribution in [3.05, 3.63) is 0 Å². The van der Waals surface area contributed by atoms with E-state index in [1.54, 1.807) is 0 Å². The Hall–Kier alpha value is -1.41. The average Bonchev–Trinajstić information content (AvgIpc) is 2.68. The number of imide groups is 1.